The molecule has 3 heterocycles. The summed E-state index contributed by atoms with van der Waals surface area (Å²) in [5.41, 5.74) is 2.27. The van der Waals surface area contributed by atoms with Gasteiger partial charge in [-0.05, 0) is 24.6 Å². The third-order valence-corrected chi connectivity index (χ3v) is 5.14. The second-order valence-electron chi connectivity index (χ2n) is 7.02. The number of fused-ring (bicyclic) bond motifs is 3. The van der Waals surface area contributed by atoms with Crippen LogP contribution in [0.3, 0.4) is 0 Å². The topological polar surface area (TPSA) is 68.1 Å². The van der Waals surface area contributed by atoms with Crippen molar-refractivity contribution in [2.75, 3.05) is 0 Å². The first kappa shape index (κ1) is 18.1. The Morgan fingerprint density at radius 2 is 1.73 bits per heavy atom. The molecule has 2 aromatic carbocycles. The average molecular weight is 404 g/mol. The molecule has 0 saturated heterocycles. The second kappa shape index (κ2) is 6.55. The first-order valence-corrected chi connectivity index (χ1v) is 9.19. The zero-order chi connectivity index (χ0) is 21.0. The van der Waals surface area contributed by atoms with Crippen LogP contribution in [0.4, 0.5) is 8.78 Å². The fraction of sp³-hybridized carbons (Fsp3) is 0.0909. The minimum atomic E-state index is -1.02. The average Bonchev–Trinajstić information content (AvgIpc) is 3.20. The quantitative estimate of drug-likeness (QED) is 0.487. The molecule has 0 unspecified atom stereocenters. The number of aromatic nitrogens is 3. The molecule has 0 N–H and O–H groups in total. The lowest BCUT2D eigenvalue weighted by Crippen LogP contribution is -2.29. The van der Waals surface area contributed by atoms with Gasteiger partial charge in [0, 0.05) is 12.3 Å². The van der Waals surface area contributed by atoms with Crippen LogP contribution < -0.4 is 0 Å². The van der Waals surface area contributed by atoms with Gasteiger partial charge >= 0.3 is 0 Å². The van der Waals surface area contributed by atoms with Crippen molar-refractivity contribution in [3.8, 4) is 5.69 Å². The number of benzene rings is 2. The molecule has 4 aromatic rings. The Bertz CT molecular complexity index is 1350. The molecule has 1 aliphatic rings. The Kier molecular flexibility index (Phi) is 3.95. The SMILES string of the molecule is Cc1nn(-c2ccc(F)c(F)c2)c2ncc3c(c12)C(=O)N(Cc1ccccc1)C3=O. The lowest BCUT2D eigenvalue weighted by Gasteiger charge is -2.13. The van der Waals surface area contributed by atoms with Crippen LogP contribution in [0.25, 0.3) is 16.7 Å². The normalized spacial score (nSPS) is 13.4. The molecule has 5 rings (SSSR count). The first-order valence-electron chi connectivity index (χ1n) is 9.19. The van der Waals surface area contributed by atoms with Crippen LogP contribution in [0.2, 0.25) is 0 Å². The fourth-order valence-electron chi connectivity index (χ4n) is 3.72. The molecule has 2 amide bonds. The highest BCUT2D eigenvalue weighted by Crippen LogP contribution is 2.32. The van der Waals surface area contributed by atoms with Crippen LogP contribution in [0.15, 0.2) is 54.7 Å². The monoisotopic (exact) mass is 404 g/mol. The van der Waals surface area contributed by atoms with Gasteiger partial charge in [-0.25, -0.2) is 18.4 Å². The number of imide groups is 1. The summed E-state index contributed by atoms with van der Waals surface area (Å²) >= 11 is 0. The number of hydrogen-bond donors (Lipinski definition) is 0. The number of hydrogen-bond acceptors (Lipinski definition) is 4. The van der Waals surface area contributed by atoms with Crippen molar-refractivity contribution in [2.45, 2.75) is 13.5 Å². The second-order valence-corrected chi connectivity index (χ2v) is 7.02. The van der Waals surface area contributed by atoms with Crippen molar-refractivity contribution >= 4 is 22.8 Å². The molecule has 148 valence electrons. The van der Waals surface area contributed by atoms with Crippen molar-refractivity contribution in [1.82, 2.24) is 19.7 Å². The van der Waals surface area contributed by atoms with E-state index in [4.69, 9.17) is 0 Å². The summed E-state index contributed by atoms with van der Waals surface area (Å²) in [6, 6.07) is 12.6. The van der Waals surface area contributed by atoms with Crippen molar-refractivity contribution in [3.63, 3.8) is 0 Å². The van der Waals surface area contributed by atoms with E-state index >= 15 is 0 Å². The van der Waals surface area contributed by atoms with E-state index in [9.17, 15) is 18.4 Å². The molecule has 8 heteroatoms. The Labute approximate surface area is 169 Å². The van der Waals surface area contributed by atoms with Crippen LogP contribution in [-0.4, -0.2) is 31.5 Å². The van der Waals surface area contributed by atoms with Crippen molar-refractivity contribution in [3.05, 3.63) is 88.7 Å². The van der Waals surface area contributed by atoms with E-state index in [-0.39, 0.29) is 23.4 Å². The number of halogens is 2. The van der Waals surface area contributed by atoms with Gasteiger partial charge in [0.05, 0.1) is 34.4 Å². The molecular weight excluding hydrogens is 390 g/mol. The molecule has 30 heavy (non-hydrogen) atoms. The highest BCUT2D eigenvalue weighted by Gasteiger charge is 2.39. The van der Waals surface area contributed by atoms with Crippen molar-refractivity contribution < 1.29 is 18.4 Å². The summed E-state index contributed by atoms with van der Waals surface area (Å²) in [4.78, 5) is 31.5. The van der Waals surface area contributed by atoms with Gasteiger partial charge in [-0.15, -0.1) is 0 Å². The molecular formula is C22H14F2N4O2. The van der Waals surface area contributed by atoms with Gasteiger partial charge in [0.1, 0.15) is 0 Å². The fourth-order valence-corrected chi connectivity index (χ4v) is 3.72. The van der Waals surface area contributed by atoms with Gasteiger partial charge < -0.3 is 0 Å². The van der Waals surface area contributed by atoms with E-state index in [1.54, 1.807) is 6.92 Å². The Morgan fingerprint density at radius 3 is 2.47 bits per heavy atom. The Morgan fingerprint density at radius 1 is 0.967 bits per heavy atom. The molecule has 0 spiro atoms. The zero-order valence-corrected chi connectivity index (χ0v) is 15.8. The number of carbonyl (C=O) groups is 2. The lowest BCUT2D eigenvalue weighted by atomic mass is 10.1. The van der Waals surface area contributed by atoms with Crippen molar-refractivity contribution in [2.24, 2.45) is 0 Å². The van der Waals surface area contributed by atoms with E-state index in [1.807, 2.05) is 30.3 Å². The number of aryl methyl sites for hydroxylation is 1. The standard InChI is InChI=1S/C22H14F2N4O2/c1-12-18-19-15(21(29)27(22(19)30)11-13-5-3-2-4-6-13)10-25-20(18)28(26-12)14-7-8-16(23)17(24)9-14/h2-10H,11H2,1H3. The van der Waals surface area contributed by atoms with Gasteiger partial charge in [0.15, 0.2) is 17.3 Å². The minimum Gasteiger partial charge on any atom is -0.270 e. The minimum absolute atomic E-state index is 0.144. The molecule has 0 saturated carbocycles. The van der Waals surface area contributed by atoms with E-state index in [1.165, 1.54) is 21.8 Å². The largest absolute Gasteiger partial charge is 0.270 e. The number of pyridine rings is 1. The predicted octanol–water partition coefficient (Wildman–Crippen LogP) is 3.80. The number of carbonyl (C=O) groups excluding carboxylic acids is 2. The van der Waals surface area contributed by atoms with Crippen molar-refractivity contribution in [1.29, 1.82) is 0 Å². The van der Waals surface area contributed by atoms with E-state index in [2.05, 4.69) is 10.1 Å². The number of nitrogens with zero attached hydrogens (tertiary/aromatic N) is 4. The van der Waals surface area contributed by atoms with Gasteiger partial charge in [-0.3, -0.25) is 14.5 Å². The van der Waals surface area contributed by atoms with Crippen LogP contribution in [0.1, 0.15) is 32.0 Å². The maximum atomic E-state index is 13.7. The maximum absolute atomic E-state index is 13.7. The Hall–Kier alpha value is -3.94. The van der Waals surface area contributed by atoms with Crippen LogP contribution in [0, 0.1) is 18.6 Å². The summed E-state index contributed by atoms with van der Waals surface area (Å²) in [6.45, 7) is 1.82. The molecule has 6 nitrogen and oxygen atoms in total. The summed E-state index contributed by atoms with van der Waals surface area (Å²) in [6.07, 6.45) is 1.33. The highest BCUT2D eigenvalue weighted by atomic mass is 19.2. The van der Waals surface area contributed by atoms with Gasteiger partial charge in [0.2, 0.25) is 0 Å². The lowest BCUT2D eigenvalue weighted by molar-refractivity contribution is 0.0643. The summed E-state index contributed by atoms with van der Waals surface area (Å²) < 4.78 is 28.4. The summed E-state index contributed by atoms with van der Waals surface area (Å²) in [5, 5.41) is 4.78. The third kappa shape index (κ3) is 2.61. The molecule has 0 aliphatic carbocycles. The maximum Gasteiger partial charge on any atom is 0.263 e. The van der Waals surface area contributed by atoms with Crippen LogP contribution >= 0.6 is 0 Å². The van der Waals surface area contributed by atoms with E-state index in [0.717, 1.165) is 17.7 Å². The van der Waals surface area contributed by atoms with Gasteiger partial charge in [0.25, 0.3) is 11.8 Å². The van der Waals surface area contributed by atoms with Gasteiger partial charge in [-0.2, -0.15) is 5.10 Å². The summed E-state index contributed by atoms with van der Waals surface area (Å²) in [7, 11) is 0. The molecule has 0 radical (unpaired) electrons. The third-order valence-electron chi connectivity index (χ3n) is 5.14. The number of amides is 2. The van der Waals surface area contributed by atoms with Gasteiger partial charge in [-0.1, -0.05) is 30.3 Å². The smallest absolute Gasteiger partial charge is 0.263 e. The molecule has 0 fully saturated rings. The number of rotatable bonds is 3. The molecule has 0 atom stereocenters. The van der Waals surface area contributed by atoms with E-state index in [0.29, 0.717) is 16.7 Å². The van der Waals surface area contributed by atoms with Crippen LogP contribution in [0.5, 0.6) is 0 Å². The zero-order valence-electron chi connectivity index (χ0n) is 15.8. The van der Waals surface area contributed by atoms with E-state index < -0.39 is 23.4 Å². The summed E-state index contributed by atoms with van der Waals surface area (Å²) in [5.74, 6) is -2.85. The molecule has 2 aromatic heterocycles. The predicted molar refractivity (Wildman–Crippen MR) is 104 cm³/mol. The Balaban J connectivity index is 1.64. The molecule has 0 bridgehead atoms. The first-order chi connectivity index (χ1) is 14.5. The highest BCUT2D eigenvalue weighted by molar-refractivity contribution is 6.26. The molecule has 1 aliphatic heterocycles. The van der Waals surface area contributed by atoms with Crippen LogP contribution in [-0.2, 0) is 6.54 Å².